The fraction of sp³-hybridized carbons (Fsp3) is 0.333. The number of nitrogens with zero attached hydrogens (tertiary/aromatic N) is 1. The van der Waals surface area contributed by atoms with Crippen molar-refractivity contribution >= 4 is 23.3 Å². The summed E-state index contributed by atoms with van der Waals surface area (Å²) in [5.41, 5.74) is 0.469. The number of methoxy groups -OCH3 is 1. The predicted octanol–water partition coefficient (Wildman–Crippen LogP) is 3.97. The molecule has 9 heteroatoms. The van der Waals surface area contributed by atoms with E-state index >= 15 is 0 Å². The monoisotopic (exact) mass is 416 g/mol. The molecule has 1 N–H and O–H groups in total. The number of anilines is 1. The number of hydrogen-bond acceptors (Lipinski definition) is 7. The summed E-state index contributed by atoms with van der Waals surface area (Å²) in [6, 6.07) is 9.97. The lowest BCUT2D eigenvalue weighted by Crippen LogP contribution is -2.30. The number of carbonyl (C=O) groups excluding carboxylic acids is 2. The van der Waals surface area contributed by atoms with Crippen LogP contribution in [-0.2, 0) is 9.53 Å². The molecule has 9 nitrogen and oxygen atoms in total. The van der Waals surface area contributed by atoms with Gasteiger partial charge in [-0.1, -0.05) is 13.3 Å². The van der Waals surface area contributed by atoms with E-state index in [0.717, 1.165) is 12.8 Å². The van der Waals surface area contributed by atoms with Crippen molar-refractivity contribution in [1.82, 2.24) is 0 Å². The normalized spacial score (nSPS) is 11.3. The Bertz CT molecular complexity index is 897. The fourth-order valence-electron chi connectivity index (χ4n) is 2.43. The van der Waals surface area contributed by atoms with Crippen molar-refractivity contribution in [3.63, 3.8) is 0 Å². The number of nitro groups is 1. The summed E-state index contributed by atoms with van der Waals surface area (Å²) in [5, 5.41) is 13.2. The summed E-state index contributed by atoms with van der Waals surface area (Å²) >= 11 is 0. The number of benzene rings is 2. The van der Waals surface area contributed by atoms with Crippen LogP contribution < -0.4 is 14.8 Å². The zero-order valence-electron chi connectivity index (χ0n) is 17.0. The molecular weight excluding hydrogens is 392 g/mol. The first kappa shape index (κ1) is 22.7. The zero-order valence-corrected chi connectivity index (χ0v) is 17.0. The van der Waals surface area contributed by atoms with E-state index in [-0.39, 0.29) is 11.3 Å². The topological polar surface area (TPSA) is 117 Å². The third kappa shape index (κ3) is 6.20. The Labute approximate surface area is 174 Å². The van der Waals surface area contributed by atoms with Crippen LogP contribution in [0.1, 0.15) is 37.0 Å². The number of esters is 1. The lowest BCUT2D eigenvalue weighted by atomic mass is 10.2. The Balaban J connectivity index is 1.98. The molecule has 2 aromatic carbocycles. The summed E-state index contributed by atoms with van der Waals surface area (Å²) in [6.07, 6.45) is 0.806. The van der Waals surface area contributed by atoms with Crippen molar-refractivity contribution < 1.29 is 28.7 Å². The molecule has 0 fully saturated rings. The highest BCUT2D eigenvalue weighted by Crippen LogP contribution is 2.28. The first-order valence-electron chi connectivity index (χ1n) is 9.42. The van der Waals surface area contributed by atoms with Crippen molar-refractivity contribution in [2.24, 2.45) is 0 Å². The molecule has 0 aliphatic rings. The molecule has 1 unspecified atom stereocenters. The number of rotatable bonds is 10. The molecule has 1 atom stereocenters. The Hall–Kier alpha value is -3.62. The number of nitrogens with one attached hydrogen (secondary N) is 1. The minimum atomic E-state index is -1.08. The second-order valence-electron chi connectivity index (χ2n) is 6.41. The smallest absolute Gasteiger partial charge is 0.339 e. The maximum absolute atomic E-state index is 12.4. The Morgan fingerprint density at radius 1 is 1.13 bits per heavy atom. The first-order chi connectivity index (χ1) is 14.3. The van der Waals surface area contributed by atoms with Crippen LogP contribution in [0.25, 0.3) is 0 Å². The lowest BCUT2D eigenvalue weighted by molar-refractivity contribution is -0.384. The van der Waals surface area contributed by atoms with Gasteiger partial charge in [-0.15, -0.1) is 0 Å². The van der Waals surface area contributed by atoms with Crippen LogP contribution in [0.4, 0.5) is 11.4 Å². The van der Waals surface area contributed by atoms with Crippen LogP contribution in [-0.4, -0.2) is 36.6 Å². The van der Waals surface area contributed by atoms with Gasteiger partial charge in [-0.05, 0) is 43.7 Å². The number of ether oxygens (including phenoxy) is 3. The molecule has 0 spiro atoms. The highest BCUT2D eigenvalue weighted by molar-refractivity contribution is 5.97. The molecule has 160 valence electrons. The van der Waals surface area contributed by atoms with Gasteiger partial charge in [0.05, 0.1) is 24.2 Å². The van der Waals surface area contributed by atoms with Crippen molar-refractivity contribution in [3.8, 4) is 11.5 Å². The highest BCUT2D eigenvalue weighted by atomic mass is 16.6. The van der Waals surface area contributed by atoms with Gasteiger partial charge >= 0.3 is 5.97 Å². The van der Waals surface area contributed by atoms with Crippen molar-refractivity contribution in [3.05, 3.63) is 58.1 Å². The third-order valence-corrected chi connectivity index (χ3v) is 4.15. The SMILES string of the molecule is CCCCOc1ccc(C(=O)OC(C)C(=O)Nc2ccc([N+](=O)[O-])cc2)cc1OC. The Morgan fingerprint density at radius 2 is 1.83 bits per heavy atom. The van der Waals surface area contributed by atoms with Crippen LogP contribution in [0.3, 0.4) is 0 Å². The van der Waals surface area contributed by atoms with Gasteiger partial charge < -0.3 is 19.5 Å². The minimum absolute atomic E-state index is 0.0939. The second-order valence-corrected chi connectivity index (χ2v) is 6.41. The van der Waals surface area contributed by atoms with E-state index in [1.165, 1.54) is 50.4 Å². The maximum atomic E-state index is 12.4. The average molecular weight is 416 g/mol. The van der Waals surface area contributed by atoms with Crippen molar-refractivity contribution in [2.75, 3.05) is 19.0 Å². The van der Waals surface area contributed by atoms with Crippen LogP contribution in [0, 0.1) is 10.1 Å². The molecule has 0 saturated heterocycles. The van der Waals surface area contributed by atoms with E-state index in [1.807, 2.05) is 0 Å². The third-order valence-electron chi connectivity index (χ3n) is 4.15. The molecule has 0 heterocycles. The molecule has 0 aliphatic carbocycles. The predicted molar refractivity (Wildman–Crippen MR) is 110 cm³/mol. The number of carbonyl (C=O) groups is 2. The van der Waals surface area contributed by atoms with E-state index < -0.39 is 22.9 Å². The first-order valence-corrected chi connectivity index (χ1v) is 9.42. The molecule has 2 rings (SSSR count). The zero-order chi connectivity index (χ0) is 22.1. The van der Waals surface area contributed by atoms with E-state index in [1.54, 1.807) is 6.07 Å². The minimum Gasteiger partial charge on any atom is -0.493 e. The summed E-state index contributed by atoms with van der Waals surface area (Å²) in [4.78, 5) is 34.8. The van der Waals surface area contributed by atoms with E-state index in [0.29, 0.717) is 23.8 Å². The number of unbranched alkanes of at least 4 members (excludes halogenated alkanes) is 1. The fourth-order valence-corrected chi connectivity index (χ4v) is 2.43. The van der Waals surface area contributed by atoms with Gasteiger partial charge in [0.2, 0.25) is 0 Å². The molecule has 30 heavy (non-hydrogen) atoms. The summed E-state index contributed by atoms with van der Waals surface area (Å²) in [5.74, 6) is -0.349. The number of amides is 1. The maximum Gasteiger partial charge on any atom is 0.339 e. The van der Waals surface area contributed by atoms with E-state index in [4.69, 9.17) is 14.2 Å². The lowest BCUT2D eigenvalue weighted by Gasteiger charge is -2.15. The van der Waals surface area contributed by atoms with Crippen molar-refractivity contribution in [1.29, 1.82) is 0 Å². The van der Waals surface area contributed by atoms with Crippen LogP contribution in [0.5, 0.6) is 11.5 Å². The van der Waals surface area contributed by atoms with Crippen LogP contribution in [0.2, 0.25) is 0 Å². The molecule has 0 bridgehead atoms. The summed E-state index contributed by atoms with van der Waals surface area (Å²) in [7, 11) is 1.47. The average Bonchev–Trinajstić information content (AvgIpc) is 2.74. The molecular formula is C21H24N2O7. The van der Waals surface area contributed by atoms with Gasteiger partial charge in [0, 0.05) is 17.8 Å². The molecule has 2 aromatic rings. The van der Waals surface area contributed by atoms with Crippen LogP contribution in [0.15, 0.2) is 42.5 Å². The van der Waals surface area contributed by atoms with Gasteiger partial charge in [0.25, 0.3) is 11.6 Å². The Kier molecular flexibility index (Phi) is 8.16. The number of hydrogen-bond donors (Lipinski definition) is 1. The van der Waals surface area contributed by atoms with Crippen LogP contribution >= 0.6 is 0 Å². The number of non-ortho nitro benzene ring substituents is 1. The molecule has 0 radical (unpaired) electrons. The van der Waals surface area contributed by atoms with Gasteiger partial charge in [-0.3, -0.25) is 14.9 Å². The quantitative estimate of drug-likeness (QED) is 0.269. The van der Waals surface area contributed by atoms with Gasteiger partial charge in [0.15, 0.2) is 17.6 Å². The van der Waals surface area contributed by atoms with E-state index in [2.05, 4.69) is 12.2 Å². The molecule has 0 saturated carbocycles. The Morgan fingerprint density at radius 3 is 2.43 bits per heavy atom. The van der Waals surface area contributed by atoms with Gasteiger partial charge in [0.1, 0.15) is 0 Å². The molecule has 0 aliphatic heterocycles. The largest absolute Gasteiger partial charge is 0.493 e. The summed E-state index contributed by atoms with van der Waals surface area (Å²) in [6.45, 7) is 4.02. The number of nitro benzene ring substituents is 1. The van der Waals surface area contributed by atoms with Gasteiger partial charge in [-0.2, -0.15) is 0 Å². The van der Waals surface area contributed by atoms with E-state index in [9.17, 15) is 19.7 Å². The standard InChI is InChI=1S/C21H24N2O7/c1-4-5-12-29-18-11-6-15(13-19(18)28-3)21(25)30-14(2)20(24)22-16-7-9-17(10-8-16)23(26)27/h6-11,13-14H,4-5,12H2,1-3H3,(H,22,24). The highest BCUT2D eigenvalue weighted by Gasteiger charge is 2.20. The second kappa shape index (κ2) is 10.8. The molecule has 0 aromatic heterocycles. The van der Waals surface area contributed by atoms with Crippen molar-refractivity contribution in [2.45, 2.75) is 32.8 Å². The van der Waals surface area contributed by atoms with Gasteiger partial charge in [-0.25, -0.2) is 4.79 Å². The molecule has 1 amide bonds. The summed E-state index contributed by atoms with van der Waals surface area (Å²) < 4.78 is 16.1.